The normalized spacial score (nSPS) is 23.8. The van der Waals surface area contributed by atoms with Gasteiger partial charge in [0.1, 0.15) is 6.07 Å². The summed E-state index contributed by atoms with van der Waals surface area (Å²) in [5.41, 5.74) is 2.79. The molecule has 5 heteroatoms. The van der Waals surface area contributed by atoms with E-state index >= 15 is 0 Å². The van der Waals surface area contributed by atoms with Crippen LogP contribution in [-0.2, 0) is 4.79 Å². The van der Waals surface area contributed by atoms with Crippen LogP contribution in [0.15, 0.2) is 29.8 Å². The quantitative estimate of drug-likeness (QED) is 0.837. The molecule has 2 atom stereocenters. The Morgan fingerprint density at radius 3 is 2.92 bits per heavy atom. The van der Waals surface area contributed by atoms with Gasteiger partial charge >= 0.3 is 0 Å². The summed E-state index contributed by atoms with van der Waals surface area (Å²) >= 11 is 6.12. The molecule has 2 aliphatic rings. The molecule has 1 aliphatic heterocycles. The second-order valence-electron chi connectivity index (χ2n) is 6.65. The lowest BCUT2D eigenvalue weighted by Crippen LogP contribution is -2.37. The van der Waals surface area contributed by atoms with Crippen LogP contribution in [0.2, 0.25) is 5.02 Å². The minimum absolute atomic E-state index is 0.0642. The lowest BCUT2D eigenvalue weighted by Gasteiger charge is -2.28. The van der Waals surface area contributed by atoms with Gasteiger partial charge < -0.3 is 10.2 Å². The van der Waals surface area contributed by atoms with Crippen molar-refractivity contribution in [3.05, 3.63) is 40.4 Å². The van der Waals surface area contributed by atoms with Crippen molar-refractivity contribution in [3.63, 3.8) is 0 Å². The van der Waals surface area contributed by atoms with Crippen molar-refractivity contribution in [2.75, 3.05) is 12.4 Å². The van der Waals surface area contributed by atoms with E-state index in [4.69, 9.17) is 16.9 Å². The maximum Gasteiger partial charge on any atom is 0.224 e. The van der Waals surface area contributed by atoms with Crippen molar-refractivity contribution in [1.29, 1.82) is 5.26 Å². The van der Waals surface area contributed by atoms with E-state index in [9.17, 15) is 4.79 Å². The number of hydrogen-bond acceptors (Lipinski definition) is 3. The summed E-state index contributed by atoms with van der Waals surface area (Å²) < 4.78 is 0. The zero-order valence-electron chi connectivity index (χ0n) is 13.9. The number of allylic oxidation sites excluding steroid dienone is 1. The highest BCUT2D eigenvalue weighted by Crippen LogP contribution is 2.31. The fourth-order valence-electron chi connectivity index (χ4n) is 3.62. The molecule has 1 aromatic rings. The van der Waals surface area contributed by atoms with Crippen LogP contribution in [0.3, 0.4) is 0 Å². The molecule has 1 unspecified atom stereocenters. The first kappa shape index (κ1) is 16.9. The van der Waals surface area contributed by atoms with E-state index in [-0.39, 0.29) is 18.0 Å². The molecule has 1 aliphatic carbocycles. The summed E-state index contributed by atoms with van der Waals surface area (Å²) in [7, 11) is 1.89. The smallest absolute Gasteiger partial charge is 0.224 e. The largest absolute Gasteiger partial charge is 0.380 e. The van der Waals surface area contributed by atoms with E-state index in [0.717, 1.165) is 24.9 Å². The standard InChI is InChI=1S/C19H22ClN3O/c1-23-18(9-13-5-3-2-4-6-13)17(11-19(23)24)22-15-8-7-14(12-21)16(20)10-15/h5,7-8,10,17-18,22H,2-4,6,9,11H2,1H3/t17-,18?/m0/s1. The van der Waals surface area contributed by atoms with Gasteiger partial charge in [0.15, 0.2) is 0 Å². The van der Waals surface area contributed by atoms with E-state index < -0.39 is 0 Å². The zero-order valence-corrected chi connectivity index (χ0v) is 14.6. The van der Waals surface area contributed by atoms with Crippen LogP contribution in [0.5, 0.6) is 0 Å². The highest BCUT2D eigenvalue weighted by Gasteiger charge is 2.37. The Labute approximate surface area is 148 Å². The minimum atomic E-state index is 0.0642. The number of likely N-dealkylation sites (N-methyl/N-ethyl adjacent to an activating group) is 1. The van der Waals surface area contributed by atoms with Crippen molar-refractivity contribution >= 4 is 23.2 Å². The average molecular weight is 344 g/mol. The van der Waals surface area contributed by atoms with E-state index in [2.05, 4.69) is 17.5 Å². The second kappa shape index (κ2) is 7.27. The highest BCUT2D eigenvalue weighted by atomic mass is 35.5. The Bertz CT molecular complexity index is 707. The van der Waals surface area contributed by atoms with Gasteiger partial charge in [-0.3, -0.25) is 4.79 Å². The van der Waals surface area contributed by atoms with Gasteiger partial charge in [-0.05, 0) is 50.3 Å². The molecule has 1 N–H and O–H groups in total. The van der Waals surface area contributed by atoms with Gasteiger partial charge in [0, 0.05) is 19.2 Å². The number of carbonyl (C=O) groups is 1. The molecular weight excluding hydrogens is 322 g/mol. The summed E-state index contributed by atoms with van der Waals surface area (Å²) in [6.07, 6.45) is 8.59. The summed E-state index contributed by atoms with van der Waals surface area (Å²) in [5.74, 6) is 0.175. The van der Waals surface area contributed by atoms with Gasteiger partial charge in [0.05, 0.1) is 22.7 Å². The fourth-order valence-corrected chi connectivity index (χ4v) is 3.84. The number of rotatable bonds is 4. The third kappa shape index (κ3) is 3.57. The molecule has 0 aromatic heterocycles. The molecule has 1 amide bonds. The number of hydrogen-bond donors (Lipinski definition) is 1. The van der Waals surface area contributed by atoms with E-state index in [1.165, 1.54) is 18.4 Å². The van der Waals surface area contributed by atoms with Gasteiger partial charge in [-0.15, -0.1) is 0 Å². The van der Waals surface area contributed by atoms with Crippen molar-refractivity contribution in [1.82, 2.24) is 4.90 Å². The van der Waals surface area contributed by atoms with E-state index in [1.807, 2.05) is 18.0 Å². The second-order valence-corrected chi connectivity index (χ2v) is 7.05. The number of nitrogens with zero attached hydrogens (tertiary/aromatic N) is 2. The molecular formula is C19H22ClN3O. The fraction of sp³-hybridized carbons (Fsp3) is 0.474. The van der Waals surface area contributed by atoms with Gasteiger partial charge in [-0.2, -0.15) is 5.26 Å². The highest BCUT2D eigenvalue weighted by molar-refractivity contribution is 6.32. The van der Waals surface area contributed by atoms with Crippen molar-refractivity contribution in [3.8, 4) is 6.07 Å². The van der Waals surface area contributed by atoms with Crippen LogP contribution < -0.4 is 5.32 Å². The van der Waals surface area contributed by atoms with Gasteiger partial charge in [0.2, 0.25) is 5.91 Å². The lowest BCUT2D eigenvalue weighted by molar-refractivity contribution is -0.127. The van der Waals surface area contributed by atoms with Crippen molar-refractivity contribution < 1.29 is 4.79 Å². The van der Waals surface area contributed by atoms with Gasteiger partial charge in [0.25, 0.3) is 0 Å². The molecule has 1 fully saturated rings. The number of halogens is 1. The Morgan fingerprint density at radius 2 is 2.25 bits per heavy atom. The molecule has 0 radical (unpaired) electrons. The number of nitrogens with one attached hydrogen (secondary N) is 1. The predicted molar refractivity (Wildman–Crippen MR) is 95.9 cm³/mol. The summed E-state index contributed by atoms with van der Waals surface area (Å²) in [5, 5.41) is 12.9. The Balaban J connectivity index is 1.75. The van der Waals surface area contributed by atoms with Crippen molar-refractivity contribution in [2.45, 2.75) is 50.6 Å². The molecule has 24 heavy (non-hydrogen) atoms. The Hall–Kier alpha value is -1.99. The number of amides is 1. The first-order valence-corrected chi connectivity index (χ1v) is 8.86. The van der Waals surface area contributed by atoms with Gasteiger partial charge in [-0.1, -0.05) is 23.3 Å². The molecule has 3 rings (SSSR count). The number of nitriles is 1. The number of benzene rings is 1. The van der Waals surface area contributed by atoms with Crippen LogP contribution in [0.1, 0.15) is 44.1 Å². The molecule has 0 spiro atoms. The van der Waals surface area contributed by atoms with E-state index in [1.54, 1.807) is 12.1 Å². The van der Waals surface area contributed by atoms with Crippen LogP contribution in [0.4, 0.5) is 5.69 Å². The van der Waals surface area contributed by atoms with Crippen molar-refractivity contribution in [2.24, 2.45) is 0 Å². The Morgan fingerprint density at radius 1 is 1.42 bits per heavy atom. The lowest BCUT2D eigenvalue weighted by atomic mass is 9.92. The molecule has 1 aromatic carbocycles. The predicted octanol–water partition coefficient (Wildman–Crippen LogP) is 4.11. The summed E-state index contributed by atoms with van der Waals surface area (Å²) in [4.78, 5) is 14.1. The molecule has 4 nitrogen and oxygen atoms in total. The van der Waals surface area contributed by atoms with Crippen LogP contribution in [-0.4, -0.2) is 29.9 Å². The van der Waals surface area contributed by atoms with Gasteiger partial charge in [-0.25, -0.2) is 0 Å². The first-order valence-electron chi connectivity index (χ1n) is 8.48. The SMILES string of the molecule is CN1C(=O)C[C@H](Nc2ccc(C#N)c(Cl)c2)C1CC1=CCCCC1. The molecule has 126 valence electrons. The van der Waals surface area contributed by atoms with Crippen LogP contribution in [0, 0.1) is 11.3 Å². The monoisotopic (exact) mass is 343 g/mol. The molecule has 0 saturated carbocycles. The van der Waals surface area contributed by atoms with E-state index in [0.29, 0.717) is 17.0 Å². The third-order valence-corrected chi connectivity index (χ3v) is 5.36. The van der Waals surface area contributed by atoms with Crippen LogP contribution in [0.25, 0.3) is 0 Å². The maximum atomic E-state index is 12.2. The topological polar surface area (TPSA) is 56.1 Å². The maximum absolute atomic E-state index is 12.2. The number of anilines is 1. The molecule has 1 heterocycles. The average Bonchev–Trinajstić information content (AvgIpc) is 2.84. The summed E-state index contributed by atoms with van der Waals surface area (Å²) in [6, 6.07) is 7.62. The zero-order chi connectivity index (χ0) is 17.1. The third-order valence-electron chi connectivity index (χ3n) is 5.05. The minimum Gasteiger partial charge on any atom is -0.380 e. The molecule has 1 saturated heterocycles. The van der Waals surface area contributed by atoms with Crippen LogP contribution >= 0.6 is 11.6 Å². The number of carbonyl (C=O) groups excluding carboxylic acids is 1. The first-order chi connectivity index (χ1) is 11.6. The number of likely N-dealkylation sites (tertiary alicyclic amines) is 1. The Kier molecular flexibility index (Phi) is 5.11. The molecule has 0 bridgehead atoms. The summed E-state index contributed by atoms with van der Waals surface area (Å²) in [6.45, 7) is 0.